The second-order valence-electron chi connectivity index (χ2n) is 4.98. The van der Waals surface area contributed by atoms with Crippen molar-refractivity contribution in [1.82, 2.24) is 9.55 Å². The van der Waals surface area contributed by atoms with E-state index in [0.717, 1.165) is 13.0 Å². The van der Waals surface area contributed by atoms with Gasteiger partial charge in [-0.1, -0.05) is 31.4 Å². The van der Waals surface area contributed by atoms with E-state index >= 15 is 0 Å². The normalized spacial score (nSPS) is 10.7. The summed E-state index contributed by atoms with van der Waals surface area (Å²) < 4.78 is 2.14. The van der Waals surface area contributed by atoms with Crippen LogP contribution >= 0.6 is 0 Å². The molecule has 0 spiro atoms. The Morgan fingerprint density at radius 2 is 1.68 bits per heavy atom. The van der Waals surface area contributed by atoms with Crippen LogP contribution in [-0.2, 0) is 13.0 Å². The fourth-order valence-corrected chi connectivity index (χ4v) is 2.24. The second-order valence-corrected chi connectivity index (χ2v) is 4.98. The third-order valence-corrected chi connectivity index (χ3v) is 3.38. The summed E-state index contributed by atoms with van der Waals surface area (Å²) in [5, 5.41) is 9.20. The number of phenolic OH excluding ortho intramolecular Hbond substituents is 1. The summed E-state index contributed by atoms with van der Waals surface area (Å²) in [7, 11) is 0. The van der Waals surface area contributed by atoms with Crippen molar-refractivity contribution in [2.75, 3.05) is 0 Å². The summed E-state index contributed by atoms with van der Waals surface area (Å²) in [4.78, 5) is 4.04. The van der Waals surface area contributed by atoms with Crippen molar-refractivity contribution in [3.63, 3.8) is 0 Å². The molecular formula is C16H22N2O. The largest absolute Gasteiger partial charge is 0.508 e. The summed E-state index contributed by atoms with van der Waals surface area (Å²) in [5.41, 5.74) is 1.32. The molecule has 0 aliphatic heterocycles. The van der Waals surface area contributed by atoms with Crippen molar-refractivity contribution in [3.05, 3.63) is 48.5 Å². The Morgan fingerprint density at radius 3 is 2.42 bits per heavy atom. The molecular weight excluding hydrogens is 236 g/mol. The van der Waals surface area contributed by atoms with Gasteiger partial charge in [0.2, 0.25) is 0 Å². The standard InChI is InChI=1S/C16H22N2O/c19-16-9-7-15(8-10-16)6-4-2-1-3-5-12-18-13-11-17-14-18/h7-11,13-14,19H,1-6,12H2. The molecule has 0 atom stereocenters. The van der Waals surface area contributed by atoms with Crippen LogP contribution < -0.4 is 0 Å². The predicted molar refractivity (Wildman–Crippen MR) is 77.1 cm³/mol. The lowest BCUT2D eigenvalue weighted by atomic mass is 10.1. The van der Waals surface area contributed by atoms with E-state index in [1.54, 1.807) is 12.1 Å². The smallest absolute Gasteiger partial charge is 0.115 e. The average molecular weight is 258 g/mol. The molecule has 0 amide bonds. The number of imidazole rings is 1. The minimum absolute atomic E-state index is 0.350. The first-order valence-electron chi connectivity index (χ1n) is 7.08. The molecule has 19 heavy (non-hydrogen) atoms. The fourth-order valence-electron chi connectivity index (χ4n) is 2.24. The van der Waals surface area contributed by atoms with E-state index in [1.807, 2.05) is 30.9 Å². The Morgan fingerprint density at radius 1 is 0.947 bits per heavy atom. The molecule has 0 aliphatic carbocycles. The number of aromatic nitrogens is 2. The van der Waals surface area contributed by atoms with E-state index in [0.29, 0.717) is 5.75 Å². The van der Waals surface area contributed by atoms with Crippen LogP contribution in [0.1, 0.15) is 37.7 Å². The Bertz CT molecular complexity index is 448. The Labute approximate surface area is 114 Å². The maximum atomic E-state index is 9.20. The summed E-state index contributed by atoms with van der Waals surface area (Å²) in [6.07, 6.45) is 13.2. The zero-order valence-electron chi connectivity index (χ0n) is 11.3. The molecule has 3 heteroatoms. The highest BCUT2D eigenvalue weighted by Crippen LogP contribution is 2.13. The Balaban J connectivity index is 1.49. The van der Waals surface area contributed by atoms with Crippen LogP contribution in [0.5, 0.6) is 5.75 Å². The van der Waals surface area contributed by atoms with Crippen LogP contribution in [0.4, 0.5) is 0 Å². The number of unbranched alkanes of at least 4 members (excludes halogenated alkanes) is 4. The van der Waals surface area contributed by atoms with E-state index < -0.39 is 0 Å². The van der Waals surface area contributed by atoms with Crippen LogP contribution in [0.25, 0.3) is 0 Å². The van der Waals surface area contributed by atoms with Crippen LogP contribution in [0.15, 0.2) is 43.0 Å². The van der Waals surface area contributed by atoms with Crippen molar-refractivity contribution in [3.8, 4) is 5.75 Å². The van der Waals surface area contributed by atoms with Crippen molar-refractivity contribution < 1.29 is 5.11 Å². The molecule has 0 radical (unpaired) electrons. The second kappa shape index (κ2) is 7.62. The zero-order valence-corrected chi connectivity index (χ0v) is 11.3. The summed E-state index contributed by atoms with van der Waals surface area (Å²) in [6, 6.07) is 7.55. The monoisotopic (exact) mass is 258 g/mol. The number of hydrogen-bond donors (Lipinski definition) is 1. The third-order valence-electron chi connectivity index (χ3n) is 3.38. The minimum atomic E-state index is 0.350. The number of benzene rings is 1. The minimum Gasteiger partial charge on any atom is -0.508 e. The first kappa shape index (κ1) is 13.7. The van der Waals surface area contributed by atoms with Gasteiger partial charge >= 0.3 is 0 Å². The zero-order chi connectivity index (χ0) is 13.3. The molecule has 0 saturated heterocycles. The lowest BCUT2D eigenvalue weighted by Gasteiger charge is -2.03. The van der Waals surface area contributed by atoms with Gasteiger partial charge in [0, 0.05) is 18.9 Å². The van der Waals surface area contributed by atoms with Gasteiger partial charge in [0.25, 0.3) is 0 Å². The molecule has 1 aromatic carbocycles. The summed E-state index contributed by atoms with van der Waals surface area (Å²) in [5.74, 6) is 0.350. The molecule has 1 heterocycles. The number of nitrogens with zero attached hydrogens (tertiary/aromatic N) is 2. The molecule has 0 unspecified atom stereocenters. The SMILES string of the molecule is Oc1ccc(CCCCCCCn2ccnc2)cc1. The molecule has 0 fully saturated rings. The number of aryl methyl sites for hydroxylation is 2. The van der Waals surface area contributed by atoms with Gasteiger partial charge in [0.15, 0.2) is 0 Å². The van der Waals surface area contributed by atoms with Gasteiger partial charge < -0.3 is 9.67 Å². The van der Waals surface area contributed by atoms with Crippen molar-refractivity contribution >= 4 is 0 Å². The average Bonchev–Trinajstić information content (AvgIpc) is 2.93. The molecule has 1 N–H and O–H groups in total. The van der Waals surface area contributed by atoms with Gasteiger partial charge in [-0.15, -0.1) is 0 Å². The van der Waals surface area contributed by atoms with Crippen molar-refractivity contribution in [2.24, 2.45) is 0 Å². The van der Waals surface area contributed by atoms with Crippen molar-refractivity contribution in [2.45, 2.75) is 45.1 Å². The lowest BCUT2D eigenvalue weighted by molar-refractivity contribution is 0.475. The topological polar surface area (TPSA) is 38.0 Å². The number of hydrogen-bond acceptors (Lipinski definition) is 2. The molecule has 2 aromatic rings. The lowest BCUT2D eigenvalue weighted by Crippen LogP contribution is -1.94. The molecule has 0 bridgehead atoms. The highest BCUT2D eigenvalue weighted by molar-refractivity contribution is 5.25. The molecule has 102 valence electrons. The van der Waals surface area contributed by atoms with E-state index in [4.69, 9.17) is 0 Å². The van der Waals surface area contributed by atoms with Gasteiger partial charge in [-0.05, 0) is 37.0 Å². The maximum Gasteiger partial charge on any atom is 0.115 e. The van der Waals surface area contributed by atoms with Crippen LogP contribution in [0, 0.1) is 0 Å². The van der Waals surface area contributed by atoms with Crippen LogP contribution in [0.2, 0.25) is 0 Å². The number of phenols is 1. The van der Waals surface area contributed by atoms with Crippen LogP contribution in [-0.4, -0.2) is 14.7 Å². The van der Waals surface area contributed by atoms with Gasteiger partial charge in [-0.2, -0.15) is 0 Å². The highest BCUT2D eigenvalue weighted by atomic mass is 16.3. The molecule has 3 nitrogen and oxygen atoms in total. The van der Waals surface area contributed by atoms with Gasteiger partial charge in [0.05, 0.1) is 6.33 Å². The summed E-state index contributed by atoms with van der Waals surface area (Å²) >= 11 is 0. The number of aromatic hydroxyl groups is 1. The third kappa shape index (κ3) is 5.16. The Hall–Kier alpha value is -1.77. The van der Waals surface area contributed by atoms with E-state index in [2.05, 4.69) is 9.55 Å². The van der Waals surface area contributed by atoms with Crippen molar-refractivity contribution in [1.29, 1.82) is 0 Å². The first-order chi connectivity index (χ1) is 9.34. The Kier molecular flexibility index (Phi) is 5.48. The molecule has 2 rings (SSSR count). The van der Waals surface area contributed by atoms with Gasteiger partial charge in [-0.25, -0.2) is 4.98 Å². The highest BCUT2D eigenvalue weighted by Gasteiger charge is 1.95. The van der Waals surface area contributed by atoms with Gasteiger partial charge in [-0.3, -0.25) is 0 Å². The van der Waals surface area contributed by atoms with E-state index in [-0.39, 0.29) is 0 Å². The number of rotatable bonds is 8. The first-order valence-corrected chi connectivity index (χ1v) is 7.08. The van der Waals surface area contributed by atoms with E-state index in [1.165, 1.54) is 37.7 Å². The van der Waals surface area contributed by atoms with Gasteiger partial charge in [0.1, 0.15) is 5.75 Å². The van der Waals surface area contributed by atoms with Crippen LogP contribution in [0.3, 0.4) is 0 Å². The molecule has 0 aliphatic rings. The predicted octanol–water partition coefficient (Wildman–Crippen LogP) is 3.78. The molecule has 1 aromatic heterocycles. The molecule has 0 saturated carbocycles. The summed E-state index contributed by atoms with van der Waals surface area (Å²) in [6.45, 7) is 1.08. The van der Waals surface area contributed by atoms with E-state index in [9.17, 15) is 5.11 Å². The fraction of sp³-hybridized carbons (Fsp3) is 0.438. The quantitative estimate of drug-likeness (QED) is 0.732. The maximum absolute atomic E-state index is 9.20.